The number of halogens is 3. The highest BCUT2D eigenvalue weighted by molar-refractivity contribution is 7.52. The molecule has 1 fully saturated rings. The fraction of sp³-hybridized carbons (Fsp3) is 0.514. The number of nitrogen functional groups attached to an aromatic ring is 1. The largest absolute Gasteiger partial charge is 0.465 e. The van der Waals surface area contributed by atoms with Crippen LogP contribution in [0.3, 0.4) is 0 Å². The highest BCUT2D eigenvalue weighted by Gasteiger charge is 2.48. The monoisotopic (exact) mass is 776 g/mol. The normalized spacial score (nSPS) is 20.2. The number of unbranched alkanes of at least 4 members (excludes halogenated alkanes) is 8. The molecule has 294 valence electrons. The van der Waals surface area contributed by atoms with Gasteiger partial charge in [0, 0.05) is 12.5 Å². The van der Waals surface area contributed by atoms with Gasteiger partial charge in [-0.15, -0.1) is 0 Å². The van der Waals surface area contributed by atoms with Crippen LogP contribution in [0.4, 0.5) is 19.0 Å². The van der Waals surface area contributed by atoms with Crippen molar-refractivity contribution in [3.05, 3.63) is 78.1 Å². The lowest BCUT2D eigenvalue weighted by atomic mass is 10.0. The van der Waals surface area contributed by atoms with Crippen LogP contribution >= 0.6 is 7.75 Å². The van der Waals surface area contributed by atoms with Crippen molar-refractivity contribution in [2.45, 2.75) is 108 Å². The van der Waals surface area contributed by atoms with E-state index in [-0.39, 0.29) is 47.7 Å². The van der Waals surface area contributed by atoms with Crippen LogP contribution in [0.25, 0.3) is 11.2 Å². The van der Waals surface area contributed by atoms with Gasteiger partial charge < -0.3 is 24.8 Å². The van der Waals surface area contributed by atoms with Crippen molar-refractivity contribution in [1.82, 2.24) is 24.6 Å². The van der Waals surface area contributed by atoms with Crippen molar-refractivity contribution in [3.63, 3.8) is 0 Å². The van der Waals surface area contributed by atoms with Crippen molar-refractivity contribution in [3.8, 4) is 5.75 Å². The van der Waals surface area contributed by atoms with Gasteiger partial charge >= 0.3 is 19.8 Å². The maximum Gasteiger partial charge on any atom is 0.459 e. The van der Waals surface area contributed by atoms with Gasteiger partial charge in [-0.05, 0) is 49.6 Å². The molecule has 3 heterocycles. The Bertz CT molecular complexity index is 1870. The summed E-state index contributed by atoms with van der Waals surface area (Å²) in [7, 11) is -4.57. The molecule has 2 aromatic carbocycles. The molecule has 1 unspecified atom stereocenters. The van der Waals surface area contributed by atoms with E-state index in [0.29, 0.717) is 12.5 Å². The number of imidazole rings is 1. The summed E-state index contributed by atoms with van der Waals surface area (Å²) in [6.07, 6.45) is 7.30. The van der Waals surface area contributed by atoms with Crippen LogP contribution in [-0.2, 0) is 29.8 Å². The van der Waals surface area contributed by atoms with Crippen LogP contribution in [-0.4, -0.2) is 61.6 Å². The van der Waals surface area contributed by atoms with Crippen molar-refractivity contribution in [2.75, 3.05) is 18.9 Å². The molecule has 0 bridgehead atoms. The number of rotatable bonds is 21. The van der Waals surface area contributed by atoms with Crippen molar-refractivity contribution < 1.29 is 46.2 Å². The third-order valence-corrected chi connectivity index (χ3v) is 10.8. The number of aromatic nitrogens is 4. The number of carbonyl (C=O) groups is 1. The highest BCUT2D eigenvalue weighted by Crippen LogP contribution is 2.48. The number of ether oxygens (including phenoxy) is 2. The van der Waals surface area contributed by atoms with Crippen LogP contribution in [0.15, 0.2) is 54.9 Å². The van der Waals surface area contributed by atoms with Gasteiger partial charge in [-0.25, -0.2) is 18.3 Å². The Labute approximate surface area is 312 Å². The Balaban J connectivity index is 1.31. The maximum atomic E-state index is 14.6. The summed E-state index contributed by atoms with van der Waals surface area (Å²) in [5, 5.41) is 13.8. The minimum Gasteiger partial charge on any atom is -0.465 e. The molecule has 0 spiro atoms. The van der Waals surface area contributed by atoms with E-state index in [1.54, 1.807) is 18.2 Å². The summed E-state index contributed by atoms with van der Waals surface area (Å²) in [4.78, 5) is 25.0. The molecule has 4 N–H and O–H groups in total. The molecule has 0 aliphatic carbocycles. The lowest BCUT2D eigenvalue weighted by Crippen LogP contribution is -2.43. The molecule has 2 aromatic heterocycles. The zero-order valence-corrected chi connectivity index (χ0v) is 31.4. The first-order chi connectivity index (χ1) is 25.9. The molecule has 1 aliphatic heterocycles. The summed E-state index contributed by atoms with van der Waals surface area (Å²) in [5.74, 6) is -2.60. The van der Waals surface area contributed by atoms with Gasteiger partial charge in [-0.1, -0.05) is 76.5 Å². The minimum absolute atomic E-state index is 0.0208. The quantitative estimate of drug-likeness (QED) is 0.0333. The number of aliphatic hydroxyl groups is 1. The number of benzene rings is 2. The summed E-state index contributed by atoms with van der Waals surface area (Å²) in [6, 6.07) is 9.41. The number of esters is 1. The second-order valence-electron chi connectivity index (χ2n) is 13.7. The fourth-order valence-electron chi connectivity index (χ4n) is 6.25. The topological polar surface area (TPSA) is 173 Å². The molecule has 13 nitrogen and oxygen atoms in total. The number of nitrogens with zero attached hydrogens (tertiary/aromatic N) is 4. The van der Waals surface area contributed by atoms with Crippen molar-refractivity contribution >= 4 is 30.7 Å². The average molecular weight is 777 g/mol. The number of hydrogen-bond acceptors (Lipinski definition) is 11. The standard InChI is InChI=1S/C37H48F3N6O7P/c1-3-4-5-6-7-8-9-10-14-17-50-35(48)29(20-25-18-26(38)21-27(39)19-25)45-54(49,53-28-15-12-11-13-16-28)51-23-37(2)30(47)22-31(52-37)46-24-42-32-33(41)43-36(40)44-34(32)46/h11-13,15-16,18-19,21,24,29-31,47H,3-10,14,17,20,22-23H2,1-2H3,(H,45,49)(H2,41,43,44)/t29-,30-,31+,37+,54?/m0/s1. The van der Waals surface area contributed by atoms with E-state index in [0.717, 1.165) is 37.8 Å². The Kier molecular flexibility index (Phi) is 14.4. The van der Waals surface area contributed by atoms with E-state index in [1.165, 1.54) is 55.6 Å². The van der Waals surface area contributed by atoms with Crippen molar-refractivity contribution in [2.24, 2.45) is 0 Å². The second-order valence-corrected chi connectivity index (χ2v) is 15.4. The molecule has 0 radical (unpaired) electrons. The maximum absolute atomic E-state index is 14.6. The van der Waals surface area contributed by atoms with E-state index < -0.39 is 62.0 Å². The Hall–Kier alpha value is -4.08. The Morgan fingerprint density at radius 1 is 1.06 bits per heavy atom. The summed E-state index contributed by atoms with van der Waals surface area (Å²) < 4.78 is 82.0. The van der Waals surface area contributed by atoms with Gasteiger partial charge in [-0.3, -0.25) is 13.9 Å². The molecule has 1 aliphatic rings. The third-order valence-electron chi connectivity index (χ3n) is 9.21. The first-order valence-corrected chi connectivity index (χ1v) is 19.8. The van der Waals surface area contributed by atoms with Crippen LogP contribution in [0, 0.1) is 17.7 Å². The van der Waals surface area contributed by atoms with E-state index in [4.69, 9.17) is 24.3 Å². The first-order valence-electron chi connectivity index (χ1n) is 18.3. The van der Waals surface area contributed by atoms with Crippen molar-refractivity contribution in [1.29, 1.82) is 0 Å². The molecular weight excluding hydrogens is 728 g/mol. The summed E-state index contributed by atoms with van der Waals surface area (Å²) >= 11 is 0. The first kappa shape index (κ1) is 41.1. The number of fused-ring (bicyclic) bond motifs is 1. The zero-order valence-electron chi connectivity index (χ0n) is 30.5. The van der Waals surface area contributed by atoms with E-state index >= 15 is 0 Å². The predicted molar refractivity (Wildman–Crippen MR) is 195 cm³/mol. The predicted octanol–water partition coefficient (Wildman–Crippen LogP) is 7.34. The number of para-hydroxylation sites is 1. The molecule has 0 amide bonds. The molecule has 54 heavy (non-hydrogen) atoms. The molecule has 5 atom stereocenters. The van der Waals surface area contributed by atoms with Crippen LogP contribution < -0.4 is 15.3 Å². The number of aliphatic hydroxyl groups excluding tert-OH is 1. The summed E-state index contributed by atoms with van der Waals surface area (Å²) in [6.45, 7) is 3.24. The smallest absolute Gasteiger partial charge is 0.459 e. The molecule has 4 aromatic rings. The van der Waals surface area contributed by atoms with Crippen LogP contribution in [0.1, 0.15) is 89.8 Å². The zero-order chi connectivity index (χ0) is 38.7. The fourth-order valence-corrected chi connectivity index (χ4v) is 7.83. The Morgan fingerprint density at radius 2 is 1.72 bits per heavy atom. The molecule has 1 saturated heterocycles. The Morgan fingerprint density at radius 3 is 2.41 bits per heavy atom. The third kappa shape index (κ3) is 11.2. The number of hydrogen-bond donors (Lipinski definition) is 3. The van der Waals surface area contributed by atoms with Gasteiger partial charge in [0.15, 0.2) is 17.0 Å². The molecular formula is C37H48F3N6O7P. The average Bonchev–Trinajstić information content (AvgIpc) is 3.68. The van der Waals surface area contributed by atoms with Gasteiger partial charge in [0.25, 0.3) is 0 Å². The minimum atomic E-state index is -4.57. The second kappa shape index (κ2) is 19.0. The van der Waals surface area contributed by atoms with Gasteiger partial charge in [0.05, 0.1) is 25.6 Å². The van der Waals surface area contributed by atoms with E-state index in [2.05, 4.69) is 27.0 Å². The lowest BCUT2D eigenvalue weighted by Gasteiger charge is -2.31. The van der Waals surface area contributed by atoms with Gasteiger partial charge in [0.1, 0.15) is 35.3 Å². The number of nitrogens with one attached hydrogen (secondary N) is 1. The van der Waals surface area contributed by atoms with Crippen LogP contribution in [0.5, 0.6) is 5.75 Å². The molecule has 0 saturated carbocycles. The number of nitrogens with two attached hydrogens (primary N) is 1. The van der Waals surface area contributed by atoms with Crippen LogP contribution in [0.2, 0.25) is 0 Å². The van der Waals surface area contributed by atoms with Gasteiger partial charge in [-0.2, -0.15) is 19.4 Å². The lowest BCUT2D eigenvalue weighted by molar-refractivity contribution is -0.146. The molecule has 17 heteroatoms. The van der Waals surface area contributed by atoms with E-state index in [9.17, 15) is 27.6 Å². The number of carbonyl (C=O) groups excluding carboxylic acids is 1. The number of anilines is 1. The van der Waals surface area contributed by atoms with Gasteiger partial charge in [0.2, 0.25) is 0 Å². The molecule has 5 rings (SSSR count). The van der Waals surface area contributed by atoms with E-state index in [1.807, 2.05) is 0 Å². The highest BCUT2D eigenvalue weighted by atomic mass is 31.2. The SMILES string of the molecule is CCCCCCCCCCCOC(=O)[C@H](Cc1cc(F)cc(F)c1)NP(=O)(OC[C@@]1(C)O[C@@H](n2cnc3c(N)nc(F)nc32)C[C@@H]1O)Oc1ccccc1. The summed E-state index contributed by atoms with van der Waals surface area (Å²) in [5.41, 5.74) is 4.55.